The summed E-state index contributed by atoms with van der Waals surface area (Å²) in [5.74, 6) is 0.595. The van der Waals surface area contributed by atoms with Gasteiger partial charge >= 0.3 is 0 Å². The molecule has 0 saturated carbocycles. The minimum atomic E-state index is -0.120. The van der Waals surface area contributed by atoms with Crippen LogP contribution in [0.3, 0.4) is 0 Å². The van der Waals surface area contributed by atoms with Crippen LogP contribution in [0.5, 0.6) is 5.75 Å². The number of nitrogens with zero attached hydrogens (tertiary/aromatic N) is 1. The topological polar surface area (TPSA) is 51.2 Å². The Morgan fingerprint density at radius 3 is 2.67 bits per heavy atom. The molecule has 0 radical (unpaired) electrons. The summed E-state index contributed by atoms with van der Waals surface area (Å²) in [7, 11) is 0. The van der Waals surface area contributed by atoms with Crippen molar-refractivity contribution in [2.24, 2.45) is 0 Å². The number of carbonyl (C=O) groups excluding carboxylic acids is 1. The van der Waals surface area contributed by atoms with Crippen LogP contribution in [0.25, 0.3) is 0 Å². The van der Waals surface area contributed by atoms with Gasteiger partial charge in [-0.3, -0.25) is 9.78 Å². The lowest BCUT2D eigenvalue weighted by molar-refractivity contribution is -0.123. The molecular weight excluding hydrogens is 264 g/mol. The van der Waals surface area contributed by atoms with E-state index >= 15 is 0 Å². The van der Waals surface area contributed by atoms with Gasteiger partial charge in [0.25, 0.3) is 5.91 Å². The number of nitrogens with one attached hydrogen (secondary N) is 1. The van der Waals surface area contributed by atoms with E-state index in [1.54, 1.807) is 6.20 Å². The van der Waals surface area contributed by atoms with Crippen molar-refractivity contribution >= 4 is 5.91 Å². The van der Waals surface area contributed by atoms with Gasteiger partial charge in [-0.05, 0) is 36.2 Å². The second kappa shape index (κ2) is 8.04. The fourth-order valence-corrected chi connectivity index (χ4v) is 1.90. The summed E-state index contributed by atoms with van der Waals surface area (Å²) in [6, 6.07) is 13.5. The molecule has 1 aromatic carbocycles. The molecule has 0 spiro atoms. The monoisotopic (exact) mass is 284 g/mol. The maximum atomic E-state index is 11.7. The van der Waals surface area contributed by atoms with Gasteiger partial charge in [-0.2, -0.15) is 0 Å². The van der Waals surface area contributed by atoms with Gasteiger partial charge < -0.3 is 10.1 Å². The molecule has 2 rings (SSSR count). The molecule has 0 saturated heterocycles. The Labute approximate surface area is 125 Å². The van der Waals surface area contributed by atoms with Crippen molar-refractivity contribution in [2.75, 3.05) is 13.2 Å². The number of pyridine rings is 1. The molecule has 0 unspecified atom stereocenters. The zero-order valence-corrected chi connectivity index (χ0v) is 12.2. The van der Waals surface area contributed by atoms with Crippen molar-refractivity contribution in [1.82, 2.24) is 10.3 Å². The lowest BCUT2D eigenvalue weighted by Crippen LogP contribution is -2.30. The van der Waals surface area contributed by atoms with Gasteiger partial charge in [-0.15, -0.1) is 0 Å². The summed E-state index contributed by atoms with van der Waals surface area (Å²) in [4.78, 5) is 15.9. The van der Waals surface area contributed by atoms with Crippen molar-refractivity contribution in [1.29, 1.82) is 0 Å². The Morgan fingerprint density at radius 2 is 2.00 bits per heavy atom. The molecule has 0 atom stereocenters. The quantitative estimate of drug-likeness (QED) is 0.849. The van der Waals surface area contributed by atoms with E-state index in [9.17, 15) is 4.79 Å². The molecule has 0 bridgehead atoms. The maximum Gasteiger partial charge on any atom is 0.257 e. The van der Waals surface area contributed by atoms with Gasteiger partial charge in [-0.1, -0.05) is 25.1 Å². The number of rotatable bonds is 7. The van der Waals surface area contributed by atoms with Crippen LogP contribution in [0, 0.1) is 0 Å². The molecule has 1 heterocycles. The average Bonchev–Trinajstić information content (AvgIpc) is 2.54. The first-order valence-electron chi connectivity index (χ1n) is 7.16. The fourth-order valence-electron chi connectivity index (χ4n) is 1.90. The molecule has 1 N–H and O–H groups in total. The minimum Gasteiger partial charge on any atom is -0.484 e. The first-order chi connectivity index (χ1) is 10.3. The molecule has 0 aliphatic heterocycles. The van der Waals surface area contributed by atoms with Crippen molar-refractivity contribution in [3.8, 4) is 5.75 Å². The molecule has 2 aromatic rings. The predicted octanol–water partition coefficient (Wildman–Crippen LogP) is 2.38. The summed E-state index contributed by atoms with van der Waals surface area (Å²) in [6.45, 7) is 2.70. The Bertz CT molecular complexity index is 553. The van der Waals surface area contributed by atoms with Gasteiger partial charge in [0.1, 0.15) is 5.75 Å². The van der Waals surface area contributed by atoms with Crippen LogP contribution in [-0.4, -0.2) is 24.0 Å². The van der Waals surface area contributed by atoms with Crippen LogP contribution < -0.4 is 10.1 Å². The van der Waals surface area contributed by atoms with Crippen LogP contribution in [-0.2, 0) is 17.6 Å². The standard InChI is InChI=1S/C17H20N2O2/c1-2-14-6-8-16(9-7-14)21-13-17(20)19-12-10-15-5-3-4-11-18-15/h3-9,11H,2,10,12-13H2,1H3,(H,19,20). The third-order valence-electron chi connectivity index (χ3n) is 3.13. The highest BCUT2D eigenvalue weighted by Gasteiger charge is 2.02. The molecule has 1 amide bonds. The Hall–Kier alpha value is -2.36. The molecular formula is C17H20N2O2. The van der Waals surface area contributed by atoms with E-state index in [4.69, 9.17) is 4.74 Å². The Morgan fingerprint density at radius 1 is 1.19 bits per heavy atom. The van der Waals surface area contributed by atoms with E-state index in [-0.39, 0.29) is 12.5 Å². The first kappa shape index (κ1) is 15.0. The number of ether oxygens (including phenoxy) is 1. The summed E-state index contributed by atoms with van der Waals surface area (Å²) in [5, 5.41) is 2.82. The predicted molar refractivity (Wildman–Crippen MR) is 82.3 cm³/mol. The average molecular weight is 284 g/mol. The van der Waals surface area contributed by atoms with Crippen LogP contribution in [0.2, 0.25) is 0 Å². The first-order valence-corrected chi connectivity index (χ1v) is 7.16. The third-order valence-corrected chi connectivity index (χ3v) is 3.13. The van der Waals surface area contributed by atoms with E-state index in [1.807, 2.05) is 42.5 Å². The second-order valence-electron chi connectivity index (χ2n) is 4.71. The van der Waals surface area contributed by atoms with Crippen molar-refractivity contribution in [3.05, 3.63) is 59.9 Å². The van der Waals surface area contributed by atoms with Crippen LogP contribution in [0.4, 0.5) is 0 Å². The molecule has 4 heteroatoms. The summed E-state index contributed by atoms with van der Waals surface area (Å²) >= 11 is 0. The lowest BCUT2D eigenvalue weighted by Gasteiger charge is -2.08. The van der Waals surface area contributed by atoms with E-state index in [0.717, 1.165) is 18.5 Å². The number of benzene rings is 1. The lowest BCUT2D eigenvalue weighted by atomic mass is 10.2. The number of aryl methyl sites for hydroxylation is 1. The minimum absolute atomic E-state index is 0.0354. The summed E-state index contributed by atoms with van der Waals surface area (Å²) in [6.07, 6.45) is 3.46. The van der Waals surface area contributed by atoms with Gasteiger partial charge in [0.05, 0.1) is 0 Å². The molecule has 0 aliphatic rings. The third kappa shape index (κ3) is 5.26. The molecule has 1 aromatic heterocycles. The number of hydrogen-bond acceptors (Lipinski definition) is 3. The SMILES string of the molecule is CCc1ccc(OCC(=O)NCCc2ccccn2)cc1. The number of aromatic nitrogens is 1. The van der Waals surface area contributed by atoms with Gasteiger partial charge in [-0.25, -0.2) is 0 Å². The summed E-state index contributed by atoms with van der Waals surface area (Å²) < 4.78 is 5.44. The van der Waals surface area contributed by atoms with Crippen molar-refractivity contribution < 1.29 is 9.53 Å². The number of amides is 1. The van der Waals surface area contributed by atoms with Crippen molar-refractivity contribution in [3.63, 3.8) is 0 Å². The molecule has 0 fully saturated rings. The van der Waals surface area contributed by atoms with E-state index in [1.165, 1.54) is 5.56 Å². The van der Waals surface area contributed by atoms with Gasteiger partial charge in [0.2, 0.25) is 0 Å². The van der Waals surface area contributed by atoms with Gasteiger partial charge in [0, 0.05) is 24.9 Å². The second-order valence-corrected chi connectivity index (χ2v) is 4.71. The largest absolute Gasteiger partial charge is 0.484 e. The van der Waals surface area contributed by atoms with Crippen molar-refractivity contribution in [2.45, 2.75) is 19.8 Å². The molecule has 21 heavy (non-hydrogen) atoms. The molecule has 110 valence electrons. The highest BCUT2D eigenvalue weighted by atomic mass is 16.5. The molecule has 4 nitrogen and oxygen atoms in total. The Balaban J connectivity index is 1.67. The maximum absolute atomic E-state index is 11.7. The van der Waals surface area contributed by atoms with Crippen LogP contribution in [0.15, 0.2) is 48.7 Å². The van der Waals surface area contributed by atoms with E-state index < -0.39 is 0 Å². The highest BCUT2D eigenvalue weighted by Crippen LogP contribution is 2.12. The Kier molecular flexibility index (Phi) is 5.76. The number of carbonyl (C=O) groups is 1. The normalized spacial score (nSPS) is 10.1. The zero-order chi connectivity index (χ0) is 14.9. The van der Waals surface area contributed by atoms with Crippen LogP contribution >= 0.6 is 0 Å². The van der Waals surface area contributed by atoms with Gasteiger partial charge in [0.15, 0.2) is 6.61 Å². The fraction of sp³-hybridized carbons (Fsp3) is 0.294. The summed E-state index contributed by atoms with van der Waals surface area (Å²) in [5.41, 5.74) is 2.22. The highest BCUT2D eigenvalue weighted by molar-refractivity contribution is 5.77. The van der Waals surface area contributed by atoms with E-state index in [2.05, 4.69) is 17.2 Å². The van der Waals surface area contributed by atoms with E-state index in [0.29, 0.717) is 12.3 Å². The number of hydrogen-bond donors (Lipinski definition) is 1. The van der Waals surface area contributed by atoms with Crippen LogP contribution in [0.1, 0.15) is 18.2 Å². The smallest absolute Gasteiger partial charge is 0.257 e. The molecule has 0 aliphatic carbocycles. The zero-order valence-electron chi connectivity index (χ0n) is 12.2.